The molecule has 1 aromatic heterocycles. The summed E-state index contributed by atoms with van der Waals surface area (Å²) in [6, 6.07) is 5.11. The molecule has 3 N–H and O–H groups in total. The summed E-state index contributed by atoms with van der Waals surface area (Å²) in [7, 11) is -1.12. The second kappa shape index (κ2) is 3.31. The number of aromatic nitrogens is 1. The Bertz CT molecular complexity index is 194. The first-order valence-electron chi connectivity index (χ1n) is 2.79. The van der Waals surface area contributed by atoms with Crippen LogP contribution in [0, 0.1) is 0 Å². The van der Waals surface area contributed by atoms with Gasteiger partial charge in [0.1, 0.15) is 0 Å². The quantitative estimate of drug-likeness (QED) is 0.392. The molecule has 0 amide bonds. The Morgan fingerprint density at radius 2 is 2.40 bits per heavy atom. The van der Waals surface area contributed by atoms with Gasteiger partial charge in [-0.1, -0.05) is 6.07 Å². The fourth-order valence-corrected chi connectivity index (χ4v) is 0.592. The van der Waals surface area contributed by atoms with Crippen molar-refractivity contribution in [2.24, 2.45) is 5.90 Å². The number of pyridine rings is 1. The predicted octanol–water partition coefficient (Wildman–Crippen LogP) is -1.34. The average Bonchev–Trinajstić information content (AvgIpc) is 2.05. The van der Waals surface area contributed by atoms with Crippen molar-refractivity contribution in [3.8, 4) is 0 Å². The van der Waals surface area contributed by atoms with Gasteiger partial charge in [-0.15, -0.1) is 0 Å². The summed E-state index contributed by atoms with van der Waals surface area (Å²) in [6.45, 7) is 0. The molecule has 0 aliphatic carbocycles. The highest BCUT2D eigenvalue weighted by Gasteiger charge is 2.15. The molecule has 0 saturated carbocycles. The number of rotatable bonds is 2. The maximum absolute atomic E-state index is 8.92. The lowest BCUT2D eigenvalue weighted by Gasteiger charge is -1.99. The van der Waals surface area contributed by atoms with Crippen molar-refractivity contribution in [3.05, 3.63) is 24.4 Å². The average molecular weight is 138 g/mol. The Morgan fingerprint density at radius 3 is 2.90 bits per heavy atom. The van der Waals surface area contributed by atoms with Gasteiger partial charge in [0.05, 0.1) is 5.59 Å². The van der Waals surface area contributed by atoms with Crippen LogP contribution in [0.15, 0.2) is 24.4 Å². The summed E-state index contributed by atoms with van der Waals surface area (Å²) in [5.41, 5.74) is 0.407. The van der Waals surface area contributed by atoms with Crippen molar-refractivity contribution in [1.82, 2.24) is 4.98 Å². The molecule has 0 aliphatic rings. The van der Waals surface area contributed by atoms with E-state index in [1.165, 1.54) is 0 Å². The van der Waals surface area contributed by atoms with Crippen LogP contribution in [0.1, 0.15) is 0 Å². The van der Waals surface area contributed by atoms with Gasteiger partial charge >= 0.3 is 7.12 Å². The molecule has 1 heterocycles. The summed E-state index contributed by atoms with van der Waals surface area (Å²) < 4.78 is 4.13. The highest BCUT2D eigenvalue weighted by Crippen LogP contribution is 1.79. The van der Waals surface area contributed by atoms with E-state index in [9.17, 15) is 0 Å². The zero-order valence-electron chi connectivity index (χ0n) is 5.27. The molecule has 0 atom stereocenters. The molecule has 5 heteroatoms. The molecule has 0 bridgehead atoms. The summed E-state index contributed by atoms with van der Waals surface area (Å²) in [5.74, 6) is 4.71. The van der Waals surface area contributed by atoms with E-state index < -0.39 is 7.12 Å². The molecular weight excluding hydrogens is 131 g/mol. The van der Waals surface area contributed by atoms with Crippen LogP contribution in [-0.4, -0.2) is 17.1 Å². The Balaban J connectivity index is 2.75. The maximum atomic E-state index is 8.92. The Hall–Kier alpha value is -0.905. The van der Waals surface area contributed by atoms with Gasteiger partial charge < -0.3 is 9.78 Å². The van der Waals surface area contributed by atoms with Gasteiger partial charge in [0.2, 0.25) is 0 Å². The fourth-order valence-electron chi connectivity index (χ4n) is 0.592. The van der Waals surface area contributed by atoms with Crippen LogP contribution in [-0.2, 0) is 4.76 Å². The SMILES string of the molecule is NOB(O)c1ccccn1. The molecule has 1 rings (SSSR count). The molecule has 0 saturated heterocycles. The van der Waals surface area contributed by atoms with E-state index in [0.29, 0.717) is 5.59 Å². The van der Waals surface area contributed by atoms with E-state index in [0.717, 1.165) is 0 Å². The third kappa shape index (κ3) is 1.54. The molecule has 4 nitrogen and oxygen atoms in total. The minimum atomic E-state index is -1.12. The van der Waals surface area contributed by atoms with E-state index >= 15 is 0 Å². The number of hydrogen-bond donors (Lipinski definition) is 2. The molecular formula is C5H7BN2O2. The predicted molar refractivity (Wildman–Crippen MR) is 37.1 cm³/mol. The monoisotopic (exact) mass is 138 g/mol. The Labute approximate surface area is 58.7 Å². The molecule has 0 fully saturated rings. The lowest BCUT2D eigenvalue weighted by atomic mass is 9.85. The lowest BCUT2D eigenvalue weighted by molar-refractivity contribution is 0.280. The standard InChI is InChI=1S/C5H7BN2O2/c7-10-6(9)5-3-1-2-4-8-5/h1-4,9H,7H2. The molecule has 0 spiro atoms. The van der Waals surface area contributed by atoms with Crippen molar-refractivity contribution >= 4 is 12.7 Å². The van der Waals surface area contributed by atoms with Gasteiger partial charge in [-0.25, -0.2) is 5.90 Å². The molecule has 0 radical (unpaired) electrons. The summed E-state index contributed by atoms with van der Waals surface area (Å²) in [5, 5.41) is 8.92. The first kappa shape index (κ1) is 7.20. The van der Waals surface area contributed by atoms with E-state index in [2.05, 4.69) is 9.74 Å². The normalized spacial score (nSPS) is 9.40. The van der Waals surface area contributed by atoms with Crippen LogP contribution in [0.2, 0.25) is 0 Å². The topological polar surface area (TPSA) is 68.4 Å². The highest BCUT2D eigenvalue weighted by atomic mass is 16.6. The van der Waals surface area contributed by atoms with Gasteiger partial charge in [-0.2, -0.15) is 0 Å². The second-order valence-electron chi connectivity index (χ2n) is 1.74. The third-order valence-corrected chi connectivity index (χ3v) is 1.07. The zero-order chi connectivity index (χ0) is 7.40. The van der Waals surface area contributed by atoms with E-state index in [4.69, 9.17) is 10.9 Å². The third-order valence-electron chi connectivity index (χ3n) is 1.07. The zero-order valence-corrected chi connectivity index (χ0v) is 5.27. The molecule has 0 aliphatic heterocycles. The van der Waals surface area contributed by atoms with Crippen LogP contribution in [0.3, 0.4) is 0 Å². The van der Waals surface area contributed by atoms with Gasteiger partial charge in [0.25, 0.3) is 0 Å². The van der Waals surface area contributed by atoms with Crippen molar-refractivity contribution in [1.29, 1.82) is 0 Å². The number of hydrogen-bond acceptors (Lipinski definition) is 4. The molecule has 0 aromatic carbocycles. The van der Waals surface area contributed by atoms with Crippen molar-refractivity contribution in [2.75, 3.05) is 0 Å². The summed E-state index contributed by atoms with van der Waals surface area (Å²) >= 11 is 0. The van der Waals surface area contributed by atoms with Crippen LogP contribution in [0.5, 0.6) is 0 Å². The van der Waals surface area contributed by atoms with Gasteiger partial charge in [-0.3, -0.25) is 4.98 Å². The van der Waals surface area contributed by atoms with Gasteiger partial charge in [0, 0.05) is 6.20 Å². The van der Waals surface area contributed by atoms with Crippen LogP contribution in [0.25, 0.3) is 0 Å². The second-order valence-corrected chi connectivity index (χ2v) is 1.74. The van der Waals surface area contributed by atoms with Crippen molar-refractivity contribution in [3.63, 3.8) is 0 Å². The van der Waals surface area contributed by atoms with Gasteiger partial charge in [0.15, 0.2) is 0 Å². The molecule has 10 heavy (non-hydrogen) atoms. The van der Waals surface area contributed by atoms with Crippen molar-refractivity contribution < 1.29 is 9.78 Å². The minimum Gasteiger partial charge on any atom is -0.421 e. The van der Waals surface area contributed by atoms with E-state index in [-0.39, 0.29) is 0 Å². The molecule has 1 aromatic rings. The molecule has 0 unspecified atom stereocenters. The minimum absolute atomic E-state index is 0.407. The fraction of sp³-hybridized carbons (Fsp3) is 0. The van der Waals surface area contributed by atoms with Crippen LogP contribution in [0.4, 0.5) is 0 Å². The first-order valence-corrected chi connectivity index (χ1v) is 2.79. The number of nitrogens with two attached hydrogens (primary N) is 1. The largest absolute Gasteiger partial charge is 0.527 e. The lowest BCUT2D eigenvalue weighted by Crippen LogP contribution is -2.37. The highest BCUT2D eigenvalue weighted by molar-refractivity contribution is 6.58. The number of nitrogens with zero attached hydrogens (tertiary/aromatic N) is 1. The smallest absolute Gasteiger partial charge is 0.421 e. The van der Waals surface area contributed by atoms with Crippen molar-refractivity contribution in [2.45, 2.75) is 0 Å². The Kier molecular flexibility index (Phi) is 2.38. The van der Waals surface area contributed by atoms with E-state index in [1.54, 1.807) is 24.4 Å². The van der Waals surface area contributed by atoms with Gasteiger partial charge in [-0.05, 0) is 12.1 Å². The van der Waals surface area contributed by atoms with Crippen LogP contribution < -0.4 is 11.5 Å². The molecule has 52 valence electrons. The Morgan fingerprint density at radius 1 is 1.60 bits per heavy atom. The summed E-state index contributed by atoms with van der Waals surface area (Å²) in [4.78, 5) is 3.79. The maximum Gasteiger partial charge on any atom is 0.527 e. The summed E-state index contributed by atoms with van der Waals surface area (Å²) in [6.07, 6.45) is 1.55. The van der Waals surface area contributed by atoms with E-state index in [1.807, 2.05) is 0 Å². The van der Waals surface area contributed by atoms with Crippen LogP contribution >= 0.6 is 0 Å². The first-order chi connectivity index (χ1) is 4.84.